The fraction of sp³-hybridized carbons (Fsp3) is 0.333. The maximum atomic E-state index is 13.3. The maximum absolute atomic E-state index is 13.3. The van der Waals surface area contributed by atoms with Gasteiger partial charge in [0.2, 0.25) is 5.88 Å². The normalized spacial score (nSPS) is 16.7. The number of benzene rings is 1. The van der Waals surface area contributed by atoms with Crippen LogP contribution in [0.5, 0.6) is 5.75 Å². The Morgan fingerprint density at radius 1 is 1.13 bits per heavy atom. The van der Waals surface area contributed by atoms with Gasteiger partial charge in [-0.15, -0.1) is 0 Å². The van der Waals surface area contributed by atoms with Gasteiger partial charge in [-0.2, -0.15) is 0 Å². The zero-order valence-corrected chi connectivity index (χ0v) is 20.0. The second-order valence-corrected chi connectivity index (χ2v) is 9.14. The highest BCUT2D eigenvalue weighted by atomic mass is 79.9. The standard InChI is InChI=1S/C24H28BrNO5/c1-16(25)19(17-12-8-6-9-13-17)20(22(27)29-18-14-10-7-11-15-18)21(26-5)30-23(28)31-24(2,3)4/h6-12,14-16,26H,13H2,1-5H3/b19-17-,21-20-. The van der Waals surface area contributed by atoms with Gasteiger partial charge in [0, 0.05) is 11.9 Å². The molecule has 1 N–H and O–H groups in total. The van der Waals surface area contributed by atoms with Crippen molar-refractivity contribution in [3.05, 3.63) is 77.2 Å². The lowest BCUT2D eigenvalue weighted by Gasteiger charge is -2.23. The van der Waals surface area contributed by atoms with Gasteiger partial charge in [-0.1, -0.05) is 58.4 Å². The Labute approximate surface area is 191 Å². The molecule has 0 fully saturated rings. The summed E-state index contributed by atoms with van der Waals surface area (Å²) < 4.78 is 16.3. The maximum Gasteiger partial charge on any atom is 0.515 e. The molecule has 0 aliphatic heterocycles. The number of carbonyl (C=O) groups is 2. The summed E-state index contributed by atoms with van der Waals surface area (Å²) in [7, 11) is 1.56. The van der Waals surface area contributed by atoms with E-state index < -0.39 is 17.7 Å². The van der Waals surface area contributed by atoms with Gasteiger partial charge in [0.15, 0.2) is 0 Å². The van der Waals surface area contributed by atoms with E-state index in [1.54, 1.807) is 52.1 Å². The quantitative estimate of drug-likeness (QED) is 0.185. The minimum Gasteiger partial charge on any atom is -0.428 e. The summed E-state index contributed by atoms with van der Waals surface area (Å²) >= 11 is 3.59. The summed E-state index contributed by atoms with van der Waals surface area (Å²) in [6, 6.07) is 8.71. The number of alkyl halides is 1. The smallest absolute Gasteiger partial charge is 0.428 e. The predicted molar refractivity (Wildman–Crippen MR) is 124 cm³/mol. The van der Waals surface area contributed by atoms with E-state index in [1.807, 2.05) is 37.3 Å². The number of allylic oxidation sites excluding steroid dienone is 5. The molecule has 0 saturated heterocycles. The van der Waals surface area contributed by atoms with Crippen LogP contribution in [0, 0.1) is 0 Å². The van der Waals surface area contributed by atoms with Gasteiger partial charge >= 0.3 is 12.1 Å². The highest BCUT2D eigenvalue weighted by Crippen LogP contribution is 2.31. The van der Waals surface area contributed by atoms with Gasteiger partial charge in [0.25, 0.3) is 0 Å². The van der Waals surface area contributed by atoms with E-state index in [-0.39, 0.29) is 16.3 Å². The summed E-state index contributed by atoms with van der Waals surface area (Å²) in [5.41, 5.74) is 0.903. The molecule has 7 heteroatoms. The van der Waals surface area contributed by atoms with E-state index in [0.29, 0.717) is 17.7 Å². The van der Waals surface area contributed by atoms with Crippen LogP contribution in [0.3, 0.4) is 0 Å². The summed E-state index contributed by atoms with van der Waals surface area (Å²) in [5, 5.41) is 2.82. The number of ether oxygens (including phenoxy) is 3. The first-order valence-corrected chi connectivity index (χ1v) is 10.8. The molecule has 0 amide bonds. The summed E-state index contributed by atoms with van der Waals surface area (Å²) in [6.45, 7) is 7.09. The molecule has 1 aliphatic rings. The average Bonchev–Trinajstić information content (AvgIpc) is 2.70. The number of para-hydroxylation sites is 1. The van der Waals surface area contributed by atoms with Crippen molar-refractivity contribution in [2.75, 3.05) is 7.05 Å². The first-order valence-electron chi connectivity index (χ1n) is 9.93. The largest absolute Gasteiger partial charge is 0.515 e. The summed E-state index contributed by atoms with van der Waals surface area (Å²) in [6.07, 6.45) is 7.42. The third-order valence-electron chi connectivity index (χ3n) is 4.08. The molecule has 0 heterocycles. The number of esters is 1. The van der Waals surface area contributed by atoms with Crippen LogP contribution in [0.1, 0.15) is 34.1 Å². The van der Waals surface area contributed by atoms with E-state index in [9.17, 15) is 9.59 Å². The lowest BCUT2D eigenvalue weighted by atomic mass is 9.93. The van der Waals surface area contributed by atoms with Crippen molar-refractivity contribution in [3.8, 4) is 5.75 Å². The third kappa shape index (κ3) is 7.43. The highest BCUT2D eigenvalue weighted by molar-refractivity contribution is 9.09. The number of halogens is 1. The van der Waals surface area contributed by atoms with Crippen LogP contribution in [0.2, 0.25) is 0 Å². The Hall–Kier alpha value is -2.80. The van der Waals surface area contributed by atoms with Crippen LogP contribution < -0.4 is 10.1 Å². The van der Waals surface area contributed by atoms with E-state index in [2.05, 4.69) is 21.2 Å². The molecule has 0 radical (unpaired) electrons. The average molecular weight is 490 g/mol. The lowest BCUT2D eigenvalue weighted by molar-refractivity contribution is -0.130. The minimum atomic E-state index is -0.924. The number of hydrogen-bond donors (Lipinski definition) is 1. The Morgan fingerprint density at radius 3 is 2.32 bits per heavy atom. The molecule has 1 unspecified atom stereocenters. The molecule has 0 saturated carbocycles. The van der Waals surface area contributed by atoms with Gasteiger partial charge in [0.1, 0.15) is 16.9 Å². The number of rotatable bonds is 6. The van der Waals surface area contributed by atoms with Crippen LogP contribution in [0.15, 0.2) is 77.2 Å². The highest BCUT2D eigenvalue weighted by Gasteiger charge is 2.30. The predicted octanol–water partition coefficient (Wildman–Crippen LogP) is 5.57. The number of hydrogen-bond acceptors (Lipinski definition) is 6. The van der Waals surface area contributed by atoms with E-state index in [4.69, 9.17) is 14.2 Å². The second kappa shape index (κ2) is 11.0. The second-order valence-electron chi connectivity index (χ2n) is 7.77. The van der Waals surface area contributed by atoms with Gasteiger partial charge in [-0.3, -0.25) is 0 Å². The molecule has 1 aromatic rings. The Kier molecular flexibility index (Phi) is 8.68. The van der Waals surface area contributed by atoms with Gasteiger partial charge in [-0.25, -0.2) is 9.59 Å². The number of carbonyl (C=O) groups excluding carboxylic acids is 2. The van der Waals surface area contributed by atoms with Crippen molar-refractivity contribution >= 4 is 28.1 Å². The zero-order valence-electron chi connectivity index (χ0n) is 18.4. The summed E-state index contributed by atoms with van der Waals surface area (Å²) in [5.74, 6) is -0.328. The third-order valence-corrected chi connectivity index (χ3v) is 4.54. The topological polar surface area (TPSA) is 73.9 Å². The minimum absolute atomic E-state index is 0.0491. The van der Waals surface area contributed by atoms with Crippen molar-refractivity contribution in [1.29, 1.82) is 0 Å². The molecule has 2 rings (SSSR count). The van der Waals surface area contributed by atoms with Crippen LogP contribution in [0.25, 0.3) is 0 Å². The van der Waals surface area contributed by atoms with Crippen molar-refractivity contribution in [3.63, 3.8) is 0 Å². The van der Waals surface area contributed by atoms with Gasteiger partial charge < -0.3 is 19.5 Å². The molecule has 31 heavy (non-hydrogen) atoms. The van der Waals surface area contributed by atoms with Crippen LogP contribution >= 0.6 is 15.9 Å². The molecule has 1 atom stereocenters. The molecule has 1 aliphatic carbocycles. The first kappa shape index (κ1) is 24.5. The molecule has 166 valence electrons. The zero-order chi connectivity index (χ0) is 23.0. The van der Waals surface area contributed by atoms with E-state index in [0.717, 1.165) is 5.57 Å². The van der Waals surface area contributed by atoms with Crippen molar-refractivity contribution in [1.82, 2.24) is 5.32 Å². The van der Waals surface area contributed by atoms with Gasteiger partial charge in [-0.05, 0) is 57.4 Å². The molecule has 0 spiro atoms. The Morgan fingerprint density at radius 2 is 1.81 bits per heavy atom. The summed E-state index contributed by atoms with van der Waals surface area (Å²) in [4.78, 5) is 25.4. The first-order chi connectivity index (χ1) is 14.6. The monoisotopic (exact) mass is 489 g/mol. The lowest BCUT2D eigenvalue weighted by Crippen LogP contribution is -2.29. The van der Waals surface area contributed by atoms with Crippen molar-refractivity contribution in [2.24, 2.45) is 0 Å². The van der Waals surface area contributed by atoms with Crippen molar-refractivity contribution < 1.29 is 23.8 Å². The van der Waals surface area contributed by atoms with Crippen LogP contribution in [-0.2, 0) is 14.3 Å². The number of nitrogens with one attached hydrogen (secondary N) is 1. The molecular weight excluding hydrogens is 462 g/mol. The SMILES string of the molecule is CN/C(OC(=O)OC(C)(C)C)=C(C(=O)Oc1ccccc1)\C(=C1\C=CC=CC1)C(C)Br. The molecule has 0 aromatic heterocycles. The Bertz CT molecular complexity index is 921. The molecular formula is C24H28BrNO5. The molecule has 1 aromatic carbocycles. The van der Waals surface area contributed by atoms with E-state index in [1.165, 1.54) is 0 Å². The van der Waals surface area contributed by atoms with Crippen LogP contribution in [0.4, 0.5) is 4.79 Å². The molecule has 6 nitrogen and oxygen atoms in total. The van der Waals surface area contributed by atoms with E-state index >= 15 is 0 Å². The van der Waals surface area contributed by atoms with Crippen LogP contribution in [-0.4, -0.2) is 29.6 Å². The Balaban J connectivity index is 2.57. The fourth-order valence-corrected chi connectivity index (χ4v) is 3.40. The molecule has 0 bridgehead atoms. The fourth-order valence-electron chi connectivity index (χ4n) is 2.88. The van der Waals surface area contributed by atoms with Crippen molar-refractivity contribution in [2.45, 2.75) is 44.5 Å². The van der Waals surface area contributed by atoms with Gasteiger partial charge in [0.05, 0.1) is 0 Å².